The van der Waals surface area contributed by atoms with Gasteiger partial charge in [0.25, 0.3) is 5.91 Å². The van der Waals surface area contributed by atoms with Gasteiger partial charge in [0, 0.05) is 19.2 Å². The molecule has 1 atom stereocenters. The van der Waals surface area contributed by atoms with Gasteiger partial charge in [-0.25, -0.2) is 4.98 Å². The van der Waals surface area contributed by atoms with Crippen molar-refractivity contribution in [2.75, 3.05) is 18.9 Å². The van der Waals surface area contributed by atoms with Crippen molar-refractivity contribution in [3.05, 3.63) is 24.0 Å². The molecule has 2 rings (SSSR count). The number of aliphatic hydroxyl groups is 1. The first-order valence-corrected chi connectivity index (χ1v) is 6.35. The Morgan fingerprint density at radius 2 is 2.33 bits per heavy atom. The van der Waals surface area contributed by atoms with Crippen molar-refractivity contribution in [1.29, 1.82) is 0 Å². The molecule has 1 unspecified atom stereocenters. The van der Waals surface area contributed by atoms with Gasteiger partial charge in [0.15, 0.2) is 0 Å². The molecule has 18 heavy (non-hydrogen) atoms. The summed E-state index contributed by atoms with van der Waals surface area (Å²) in [5.41, 5.74) is 6.54. The van der Waals surface area contributed by atoms with Crippen molar-refractivity contribution in [1.82, 2.24) is 9.88 Å². The number of amides is 1. The predicted octanol–water partition coefficient (Wildman–Crippen LogP) is 1.04. The number of carbonyl (C=O) groups is 1. The second-order valence-electron chi connectivity index (χ2n) is 4.64. The highest BCUT2D eigenvalue weighted by atomic mass is 16.3. The standard InChI is InChI=1S/C13H19N3O2/c14-10-4-5-12(15-9-10)13(18)16-7-2-1-3-11(16)6-8-17/h4-5,9,11,17H,1-3,6-8,14H2. The lowest BCUT2D eigenvalue weighted by Gasteiger charge is -2.35. The first-order valence-electron chi connectivity index (χ1n) is 6.35. The number of nitrogens with zero attached hydrogens (tertiary/aromatic N) is 2. The second kappa shape index (κ2) is 5.82. The van der Waals surface area contributed by atoms with Crippen molar-refractivity contribution in [3.63, 3.8) is 0 Å². The van der Waals surface area contributed by atoms with E-state index >= 15 is 0 Å². The first kappa shape index (κ1) is 12.8. The monoisotopic (exact) mass is 249 g/mol. The molecule has 0 saturated carbocycles. The van der Waals surface area contributed by atoms with Gasteiger partial charge in [0.2, 0.25) is 0 Å². The molecule has 98 valence electrons. The van der Waals surface area contributed by atoms with Gasteiger partial charge in [-0.05, 0) is 37.8 Å². The molecule has 0 spiro atoms. The molecule has 1 aromatic heterocycles. The van der Waals surface area contributed by atoms with Crippen LogP contribution in [0, 0.1) is 0 Å². The number of nitrogen functional groups attached to an aromatic ring is 1. The van der Waals surface area contributed by atoms with Crippen LogP contribution >= 0.6 is 0 Å². The lowest BCUT2D eigenvalue weighted by Crippen LogP contribution is -2.44. The Morgan fingerprint density at radius 3 is 3.00 bits per heavy atom. The van der Waals surface area contributed by atoms with Gasteiger partial charge in [-0.3, -0.25) is 4.79 Å². The van der Waals surface area contributed by atoms with Crippen LogP contribution in [0.15, 0.2) is 18.3 Å². The van der Waals surface area contributed by atoms with Gasteiger partial charge in [-0.15, -0.1) is 0 Å². The molecule has 0 bridgehead atoms. The van der Waals surface area contributed by atoms with Crippen LogP contribution in [0.5, 0.6) is 0 Å². The molecular formula is C13H19N3O2. The number of aliphatic hydroxyl groups excluding tert-OH is 1. The van der Waals surface area contributed by atoms with E-state index in [1.165, 1.54) is 6.20 Å². The number of hydrogen-bond donors (Lipinski definition) is 2. The van der Waals surface area contributed by atoms with Gasteiger partial charge in [-0.1, -0.05) is 0 Å². The van der Waals surface area contributed by atoms with E-state index in [-0.39, 0.29) is 18.6 Å². The van der Waals surface area contributed by atoms with Crippen LogP contribution < -0.4 is 5.73 Å². The van der Waals surface area contributed by atoms with Gasteiger partial charge in [-0.2, -0.15) is 0 Å². The highest BCUT2D eigenvalue weighted by Gasteiger charge is 2.27. The van der Waals surface area contributed by atoms with Gasteiger partial charge < -0.3 is 15.7 Å². The van der Waals surface area contributed by atoms with E-state index in [0.717, 1.165) is 25.8 Å². The minimum atomic E-state index is -0.0619. The maximum atomic E-state index is 12.3. The van der Waals surface area contributed by atoms with Crippen molar-refractivity contribution in [2.24, 2.45) is 0 Å². The number of pyridine rings is 1. The van der Waals surface area contributed by atoms with Gasteiger partial charge >= 0.3 is 0 Å². The normalized spacial score (nSPS) is 19.8. The average molecular weight is 249 g/mol. The SMILES string of the molecule is Nc1ccc(C(=O)N2CCCCC2CCO)nc1. The average Bonchev–Trinajstić information content (AvgIpc) is 2.40. The molecule has 1 amide bonds. The zero-order valence-corrected chi connectivity index (χ0v) is 10.4. The summed E-state index contributed by atoms with van der Waals surface area (Å²) >= 11 is 0. The molecule has 1 fully saturated rings. The highest BCUT2D eigenvalue weighted by molar-refractivity contribution is 5.92. The van der Waals surface area contributed by atoms with E-state index in [2.05, 4.69) is 4.98 Å². The molecule has 1 saturated heterocycles. The van der Waals surface area contributed by atoms with Crippen LogP contribution in [0.3, 0.4) is 0 Å². The lowest BCUT2D eigenvalue weighted by molar-refractivity contribution is 0.0568. The molecule has 3 N–H and O–H groups in total. The Hall–Kier alpha value is -1.62. The van der Waals surface area contributed by atoms with Crippen molar-refractivity contribution < 1.29 is 9.90 Å². The Kier molecular flexibility index (Phi) is 4.15. The molecule has 1 aliphatic rings. The van der Waals surface area contributed by atoms with Gasteiger partial charge in [0.05, 0.1) is 11.9 Å². The summed E-state index contributed by atoms with van der Waals surface area (Å²) in [6, 6.07) is 3.48. The summed E-state index contributed by atoms with van der Waals surface area (Å²) in [6.45, 7) is 0.860. The Labute approximate surface area is 107 Å². The van der Waals surface area contributed by atoms with E-state index in [0.29, 0.717) is 17.8 Å². The number of hydrogen-bond acceptors (Lipinski definition) is 4. The quantitative estimate of drug-likeness (QED) is 0.839. The van der Waals surface area contributed by atoms with Crippen molar-refractivity contribution >= 4 is 11.6 Å². The van der Waals surface area contributed by atoms with E-state index in [1.54, 1.807) is 12.1 Å². The number of nitrogens with two attached hydrogens (primary N) is 1. The summed E-state index contributed by atoms with van der Waals surface area (Å²) < 4.78 is 0. The number of piperidine rings is 1. The van der Waals surface area contributed by atoms with Crippen LogP contribution in [0.25, 0.3) is 0 Å². The molecule has 2 heterocycles. The van der Waals surface area contributed by atoms with E-state index in [9.17, 15) is 4.79 Å². The van der Waals surface area contributed by atoms with Crippen LogP contribution in [-0.2, 0) is 0 Å². The molecule has 5 heteroatoms. The topological polar surface area (TPSA) is 79.5 Å². The van der Waals surface area contributed by atoms with E-state index < -0.39 is 0 Å². The molecule has 0 radical (unpaired) electrons. The summed E-state index contributed by atoms with van der Waals surface area (Å²) in [6.07, 6.45) is 5.23. The summed E-state index contributed by atoms with van der Waals surface area (Å²) in [5, 5.41) is 9.05. The zero-order valence-electron chi connectivity index (χ0n) is 10.4. The smallest absolute Gasteiger partial charge is 0.272 e. The zero-order chi connectivity index (χ0) is 13.0. The molecule has 0 aromatic carbocycles. The van der Waals surface area contributed by atoms with Gasteiger partial charge in [0.1, 0.15) is 5.69 Å². The number of anilines is 1. The first-order chi connectivity index (χ1) is 8.72. The Morgan fingerprint density at radius 1 is 1.50 bits per heavy atom. The third-order valence-corrected chi connectivity index (χ3v) is 3.36. The Bertz CT molecular complexity index is 403. The lowest BCUT2D eigenvalue weighted by atomic mass is 9.99. The maximum Gasteiger partial charge on any atom is 0.272 e. The molecule has 1 aromatic rings. The van der Waals surface area contributed by atoms with Crippen molar-refractivity contribution in [2.45, 2.75) is 31.7 Å². The Balaban J connectivity index is 2.12. The number of rotatable bonds is 3. The molecule has 5 nitrogen and oxygen atoms in total. The minimum absolute atomic E-state index is 0.0619. The summed E-state index contributed by atoms with van der Waals surface area (Å²) in [7, 11) is 0. The van der Waals surface area contributed by atoms with Crippen LogP contribution in [-0.4, -0.2) is 40.1 Å². The number of likely N-dealkylation sites (tertiary alicyclic amines) is 1. The number of carbonyl (C=O) groups excluding carboxylic acids is 1. The summed E-state index contributed by atoms with van der Waals surface area (Å²) in [4.78, 5) is 18.2. The fraction of sp³-hybridized carbons (Fsp3) is 0.538. The third kappa shape index (κ3) is 2.79. The summed E-state index contributed by atoms with van der Waals surface area (Å²) in [5.74, 6) is -0.0619. The number of aromatic nitrogens is 1. The third-order valence-electron chi connectivity index (χ3n) is 3.36. The maximum absolute atomic E-state index is 12.3. The molecule has 1 aliphatic heterocycles. The van der Waals surface area contributed by atoms with Crippen LogP contribution in [0.4, 0.5) is 5.69 Å². The second-order valence-corrected chi connectivity index (χ2v) is 4.64. The van der Waals surface area contributed by atoms with Crippen LogP contribution in [0.2, 0.25) is 0 Å². The highest BCUT2D eigenvalue weighted by Crippen LogP contribution is 2.21. The van der Waals surface area contributed by atoms with E-state index in [1.807, 2.05) is 4.90 Å². The van der Waals surface area contributed by atoms with Crippen molar-refractivity contribution in [3.8, 4) is 0 Å². The van der Waals surface area contributed by atoms with E-state index in [4.69, 9.17) is 10.8 Å². The van der Waals surface area contributed by atoms with Crippen LogP contribution in [0.1, 0.15) is 36.2 Å². The molecular weight excluding hydrogens is 230 g/mol. The predicted molar refractivity (Wildman–Crippen MR) is 69.0 cm³/mol. The minimum Gasteiger partial charge on any atom is -0.397 e. The largest absolute Gasteiger partial charge is 0.397 e. The fourth-order valence-electron chi connectivity index (χ4n) is 2.40. The molecule has 0 aliphatic carbocycles. The fourth-order valence-corrected chi connectivity index (χ4v) is 2.40.